The zero-order valence-electron chi connectivity index (χ0n) is 11.7. The fourth-order valence-corrected chi connectivity index (χ4v) is 3.39. The molecular formula is C15H22N2O2. The summed E-state index contributed by atoms with van der Waals surface area (Å²) in [4.78, 5) is 2.61. The van der Waals surface area contributed by atoms with E-state index in [0.29, 0.717) is 12.1 Å². The van der Waals surface area contributed by atoms with Crippen LogP contribution < -0.4 is 14.8 Å². The lowest BCUT2D eigenvalue weighted by molar-refractivity contribution is 0.318. The molecule has 2 heterocycles. The van der Waals surface area contributed by atoms with E-state index in [0.717, 1.165) is 17.2 Å². The van der Waals surface area contributed by atoms with Gasteiger partial charge in [-0.25, -0.2) is 0 Å². The van der Waals surface area contributed by atoms with Crippen LogP contribution in [0.25, 0.3) is 0 Å². The number of methoxy groups -OCH3 is 2. The van der Waals surface area contributed by atoms with Crippen LogP contribution in [0.3, 0.4) is 0 Å². The second-order valence-electron chi connectivity index (χ2n) is 5.35. The van der Waals surface area contributed by atoms with Crippen LogP contribution in [0, 0.1) is 0 Å². The van der Waals surface area contributed by atoms with Gasteiger partial charge in [-0.1, -0.05) is 0 Å². The summed E-state index contributed by atoms with van der Waals surface area (Å²) in [5.74, 6) is 1.57. The number of rotatable bonds is 4. The summed E-state index contributed by atoms with van der Waals surface area (Å²) in [6, 6.07) is 7.34. The van der Waals surface area contributed by atoms with E-state index in [1.807, 2.05) is 12.1 Å². The number of anilines is 1. The van der Waals surface area contributed by atoms with Crippen LogP contribution >= 0.6 is 0 Å². The van der Waals surface area contributed by atoms with Gasteiger partial charge in [0, 0.05) is 30.4 Å². The van der Waals surface area contributed by atoms with E-state index in [1.165, 1.54) is 32.4 Å². The average molecular weight is 262 g/mol. The monoisotopic (exact) mass is 262 g/mol. The summed E-state index contributed by atoms with van der Waals surface area (Å²) in [5.41, 5.74) is 1.12. The van der Waals surface area contributed by atoms with Crippen LogP contribution in [0.15, 0.2) is 18.2 Å². The van der Waals surface area contributed by atoms with Crippen molar-refractivity contribution in [3.8, 4) is 11.5 Å². The number of benzene rings is 1. The molecule has 2 unspecified atom stereocenters. The number of ether oxygens (including phenoxy) is 2. The molecule has 1 aromatic carbocycles. The zero-order chi connectivity index (χ0) is 13.2. The topological polar surface area (TPSA) is 33.7 Å². The standard InChI is InChI=1S/C15H22N2O2/c1-18-14-6-5-11(10-15(14)19-2)16-12-7-9-17-8-3-4-13(12)17/h5-6,10,12-13,16H,3-4,7-9H2,1-2H3. The van der Waals surface area contributed by atoms with Crippen molar-refractivity contribution < 1.29 is 9.47 Å². The molecule has 4 nitrogen and oxygen atoms in total. The predicted octanol–water partition coefficient (Wildman–Crippen LogP) is 2.35. The van der Waals surface area contributed by atoms with Crippen molar-refractivity contribution >= 4 is 5.69 Å². The highest BCUT2D eigenvalue weighted by molar-refractivity contribution is 5.55. The van der Waals surface area contributed by atoms with Crippen molar-refractivity contribution in [1.29, 1.82) is 0 Å². The van der Waals surface area contributed by atoms with Gasteiger partial charge in [0.2, 0.25) is 0 Å². The van der Waals surface area contributed by atoms with Gasteiger partial charge in [-0.05, 0) is 37.9 Å². The summed E-state index contributed by atoms with van der Waals surface area (Å²) >= 11 is 0. The molecule has 0 bridgehead atoms. The number of nitrogens with zero attached hydrogens (tertiary/aromatic N) is 1. The van der Waals surface area contributed by atoms with Crippen LogP contribution in [0.5, 0.6) is 11.5 Å². The van der Waals surface area contributed by atoms with Gasteiger partial charge in [-0.15, -0.1) is 0 Å². The average Bonchev–Trinajstić information content (AvgIpc) is 3.03. The summed E-state index contributed by atoms with van der Waals surface area (Å²) in [5, 5.41) is 3.66. The molecule has 0 amide bonds. The maximum Gasteiger partial charge on any atom is 0.162 e. The maximum atomic E-state index is 5.35. The second kappa shape index (κ2) is 5.29. The Balaban J connectivity index is 1.73. The number of nitrogens with one attached hydrogen (secondary N) is 1. The Kier molecular flexibility index (Phi) is 3.51. The minimum Gasteiger partial charge on any atom is -0.493 e. The highest BCUT2D eigenvalue weighted by atomic mass is 16.5. The van der Waals surface area contributed by atoms with E-state index in [2.05, 4.69) is 16.3 Å². The maximum absolute atomic E-state index is 5.35. The molecule has 104 valence electrons. The molecule has 2 fully saturated rings. The van der Waals surface area contributed by atoms with Gasteiger partial charge >= 0.3 is 0 Å². The Hall–Kier alpha value is -1.42. The van der Waals surface area contributed by atoms with Gasteiger partial charge in [0.1, 0.15) is 0 Å². The summed E-state index contributed by atoms with van der Waals surface area (Å²) < 4.78 is 10.6. The minimum absolute atomic E-state index is 0.570. The van der Waals surface area contributed by atoms with Crippen molar-refractivity contribution in [3.63, 3.8) is 0 Å². The molecule has 2 saturated heterocycles. The van der Waals surface area contributed by atoms with E-state index in [-0.39, 0.29) is 0 Å². The molecule has 0 aromatic heterocycles. The first-order chi connectivity index (χ1) is 9.31. The molecular weight excluding hydrogens is 240 g/mol. The normalized spacial score (nSPS) is 26.2. The Morgan fingerprint density at radius 3 is 2.74 bits per heavy atom. The van der Waals surface area contributed by atoms with Gasteiger partial charge in [-0.2, -0.15) is 0 Å². The minimum atomic E-state index is 0.570. The van der Waals surface area contributed by atoms with Crippen LogP contribution in [0.1, 0.15) is 19.3 Å². The lowest BCUT2D eigenvalue weighted by Crippen LogP contribution is -2.33. The van der Waals surface area contributed by atoms with Crippen molar-refractivity contribution in [1.82, 2.24) is 4.90 Å². The van der Waals surface area contributed by atoms with Gasteiger partial charge in [0.15, 0.2) is 11.5 Å². The SMILES string of the molecule is COc1ccc(NC2CCN3CCCC23)cc1OC. The largest absolute Gasteiger partial charge is 0.493 e. The van der Waals surface area contributed by atoms with Crippen molar-refractivity contribution in [3.05, 3.63) is 18.2 Å². The molecule has 0 saturated carbocycles. The van der Waals surface area contributed by atoms with Crippen LogP contribution in [0.4, 0.5) is 5.69 Å². The van der Waals surface area contributed by atoms with Crippen LogP contribution in [-0.2, 0) is 0 Å². The quantitative estimate of drug-likeness (QED) is 0.903. The highest BCUT2D eigenvalue weighted by Crippen LogP contribution is 2.33. The van der Waals surface area contributed by atoms with Gasteiger partial charge in [-0.3, -0.25) is 4.90 Å². The first-order valence-corrected chi connectivity index (χ1v) is 7.04. The van der Waals surface area contributed by atoms with E-state index >= 15 is 0 Å². The molecule has 1 N–H and O–H groups in total. The van der Waals surface area contributed by atoms with E-state index < -0.39 is 0 Å². The molecule has 2 atom stereocenters. The fraction of sp³-hybridized carbons (Fsp3) is 0.600. The Morgan fingerprint density at radius 1 is 1.11 bits per heavy atom. The third-order valence-electron chi connectivity index (χ3n) is 4.34. The lowest BCUT2D eigenvalue weighted by Gasteiger charge is -2.22. The van der Waals surface area contributed by atoms with Gasteiger partial charge in [0.05, 0.1) is 14.2 Å². The Morgan fingerprint density at radius 2 is 1.95 bits per heavy atom. The summed E-state index contributed by atoms with van der Waals surface area (Å²) in [6.45, 7) is 2.50. The van der Waals surface area contributed by atoms with E-state index in [4.69, 9.17) is 9.47 Å². The molecule has 2 aliphatic heterocycles. The van der Waals surface area contributed by atoms with Crippen molar-refractivity contribution in [2.75, 3.05) is 32.6 Å². The van der Waals surface area contributed by atoms with Gasteiger partial charge < -0.3 is 14.8 Å². The van der Waals surface area contributed by atoms with Crippen molar-refractivity contribution in [2.45, 2.75) is 31.3 Å². The molecule has 2 aliphatic rings. The number of fused-ring (bicyclic) bond motifs is 1. The molecule has 1 aromatic rings. The molecule has 4 heteroatoms. The Labute approximate surface area is 114 Å². The Bertz CT molecular complexity index is 450. The predicted molar refractivity (Wildman–Crippen MR) is 76.2 cm³/mol. The summed E-state index contributed by atoms with van der Waals surface area (Å²) in [6.07, 6.45) is 3.90. The lowest BCUT2D eigenvalue weighted by atomic mass is 10.1. The first-order valence-electron chi connectivity index (χ1n) is 7.04. The number of hydrogen-bond donors (Lipinski definition) is 1. The molecule has 0 spiro atoms. The molecule has 19 heavy (non-hydrogen) atoms. The van der Waals surface area contributed by atoms with E-state index in [1.54, 1.807) is 14.2 Å². The van der Waals surface area contributed by atoms with Crippen LogP contribution in [-0.4, -0.2) is 44.3 Å². The fourth-order valence-electron chi connectivity index (χ4n) is 3.39. The third kappa shape index (κ3) is 2.37. The summed E-state index contributed by atoms with van der Waals surface area (Å²) in [7, 11) is 3.34. The number of hydrogen-bond acceptors (Lipinski definition) is 4. The smallest absolute Gasteiger partial charge is 0.162 e. The first kappa shape index (κ1) is 12.6. The van der Waals surface area contributed by atoms with Gasteiger partial charge in [0.25, 0.3) is 0 Å². The highest BCUT2D eigenvalue weighted by Gasteiger charge is 2.36. The van der Waals surface area contributed by atoms with E-state index in [9.17, 15) is 0 Å². The van der Waals surface area contributed by atoms with Crippen LogP contribution in [0.2, 0.25) is 0 Å². The molecule has 0 aliphatic carbocycles. The molecule has 0 radical (unpaired) electrons. The van der Waals surface area contributed by atoms with Crippen molar-refractivity contribution in [2.24, 2.45) is 0 Å². The second-order valence-corrected chi connectivity index (χ2v) is 5.35. The third-order valence-corrected chi connectivity index (χ3v) is 4.34. The zero-order valence-corrected chi connectivity index (χ0v) is 11.7. The molecule has 3 rings (SSSR count).